The van der Waals surface area contributed by atoms with Crippen molar-refractivity contribution in [3.05, 3.63) is 29.0 Å². The fourth-order valence-electron chi connectivity index (χ4n) is 0.908. The molecule has 0 saturated carbocycles. The normalized spacial score (nSPS) is 11.6. The Kier molecular flexibility index (Phi) is 5.82. The predicted molar refractivity (Wildman–Crippen MR) is 44.0 cm³/mol. The Bertz CT molecular complexity index is 321. The number of carbonyl (C=O) groups is 1. The Balaban J connectivity index is 0.00000169. The molecule has 1 aromatic heterocycles. The molecule has 0 saturated heterocycles. The van der Waals surface area contributed by atoms with Gasteiger partial charge in [0.2, 0.25) is 0 Å². The second-order valence-electron chi connectivity index (χ2n) is 2.32. The van der Waals surface area contributed by atoms with Crippen molar-refractivity contribution in [1.29, 1.82) is 0 Å². The van der Waals surface area contributed by atoms with Crippen molar-refractivity contribution in [1.82, 2.24) is 4.98 Å². The van der Waals surface area contributed by atoms with E-state index in [0.29, 0.717) is 0 Å². The molecule has 1 atom stereocenters. The van der Waals surface area contributed by atoms with E-state index in [1.54, 1.807) is 12.1 Å². The summed E-state index contributed by atoms with van der Waals surface area (Å²) >= 11 is 5.57. The first kappa shape index (κ1) is 13.5. The van der Waals surface area contributed by atoms with Gasteiger partial charge in [-0.15, -0.1) is 0 Å². The summed E-state index contributed by atoms with van der Waals surface area (Å²) in [6.45, 7) is 0. The van der Waals surface area contributed by atoms with Crippen LogP contribution in [0.3, 0.4) is 0 Å². The molecule has 1 aromatic rings. The topological polar surface area (TPSA) is 62.2 Å². The van der Waals surface area contributed by atoms with Gasteiger partial charge in [0.05, 0.1) is 11.7 Å². The van der Waals surface area contributed by atoms with Gasteiger partial charge in [0.25, 0.3) is 0 Å². The van der Waals surface area contributed by atoms with E-state index in [-0.39, 0.29) is 29.7 Å². The van der Waals surface area contributed by atoms with E-state index in [1.807, 2.05) is 0 Å². The molecular weight excluding hydrogens is 200 g/mol. The number of pyridine rings is 1. The number of rotatable bonds is 3. The van der Waals surface area contributed by atoms with E-state index < -0.39 is 12.1 Å². The third-order valence-corrected chi connectivity index (χ3v) is 1.67. The average Bonchev–Trinajstić information content (AvgIpc) is 2.04. The van der Waals surface area contributed by atoms with Gasteiger partial charge < -0.3 is 14.6 Å². The van der Waals surface area contributed by atoms with Gasteiger partial charge in [-0.3, -0.25) is 0 Å². The van der Waals surface area contributed by atoms with Gasteiger partial charge in [0.1, 0.15) is 11.3 Å². The molecule has 0 bridgehead atoms. The summed E-state index contributed by atoms with van der Waals surface area (Å²) in [7, 11) is 1.27. The van der Waals surface area contributed by atoms with E-state index in [9.17, 15) is 9.90 Å². The van der Waals surface area contributed by atoms with Gasteiger partial charge in [-0.05, 0) is 12.1 Å². The van der Waals surface area contributed by atoms with Crippen LogP contribution < -0.4 is 24.0 Å². The summed E-state index contributed by atoms with van der Waals surface area (Å²) in [5, 5.41) is 10.7. The maximum Gasteiger partial charge on any atom is 1.00 e. The third kappa shape index (κ3) is 3.32. The summed E-state index contributed by atoms with van der Waals surface area (Å²) < 4.78 is 4.67. The molecule has 14 heavy (non-hydrogen) atoms. The zero-order valence-electron chi connectivity index (χ0n) is 7.86. The van der Waals surface area contributed by atoms with E-state index in [0.717, 1.165) is 0 Å². The summed E-state index contributed by atoms with van der Waals surface area (Å²) in [6.07, 6.45) is -1.17. The number of aliphatic carboxylic acids is 1. The van der Waals surface area contributed by atoms with Crippen LogP contribution in [0, 0.1) is 0 Å². The van der Waals surface area contributed by atoms with Gasteiger partial charge in [0, 0.05) is 7.11 Å². The van der Waals surface area contributed by atoms with Gasteiger partial charge >= 0.3 is 18.9 Å². The van der Waals surface area contributed by atoms with Gasteiger partial charge in [-0.25, -0.2) is 4.98 Å². The minimum atomic E-state index is -1.34. The Morgan fingerprint density at radius 3 is 2.71 bits per heavy atom. The van der Waals surface area contributed by atoms with Crippen molar-refractivity contribution in [2.75, 3.05) is 7.11 Å². The first-order valence-electron chi connectivity index (χ1n) is 3.51. The molecule has 0 amide bonds. The molecule has 0 aliphatic heterocycles. The number of carbonyl (C=O) groups excluding carboxylic acids is 1. The number of hydrogen-bond donors (Lipinski definition) is 0. The first-order valence-corrected chi connectivity index (χ1v) is 3.89. The van der Waals surface area contributed by atoms with Crippen LogP contribution in [0.2, 0.25) is 5.15 Å². The molecule has 0 radical (unpaired) electrons. The molecule has 1 rings (SSSR count). The Morgan fingerprint density at radius 1 is 1.64 bits per heavy atom. The molecular formula is C8H7ClLiNO3. The minimum Gasteiger partial charge on any atom is -0.547 e. The van der Waals surface area contributed by atoms with Crippen molar-refractivity contribution in [2.45, 2.75) is 6.10 Å². The molecule has 70 valence electrons. The van der Waals surface area contributed by atoms with Crippen molar-refractivity contribution >= 4 is 17.6 Å². The van der Waals surface area contributed by atoms with Crippen LogP contribution in [0.5, 0.6) is 0 Å². The number of carboxylic acid groups (broad SMARTS) is 1. The monoisotopic (exact) mass is 207 g/mol. The Morgan fingerprint density at radius 2 is 2.29 bits per heavy atom. The Labute approximate surface area is 98.4 Å². The number of hydrogen-bond acceptors (Lipinski definition) is 4. The first-order chi connectivity index (χ1) is 6.15. The molecule has 0 aliphatic carbocycles. The zero-order valence-corrected chi connectivity index (χ0v) is 8.62. The van der Waals surface area contributed by atoms with Crippen molar-refractivity contribution in [3.8, 4) is 0 Å². The van der Waals surface area contributed by atoms with Crippen LogP contribution in [-0.2, 0) is 9.53 Å². The van der Waals surface area contributed by atoms with Gasteiger partial charge in [-0.2, -0.15) is 0 Å². The van der Waals surface area contributed by atoms with Crippen molar-refractivity contribution in [2.24, 2.45) is 0 Å². The van der Waals surface area contributed by atoms with E-state index in [1.165, 1.54) is 13.2 Å². The average molecular weight is 208 g/mol. The summed E-state index contributed by atoms with van der Waals surface area (Å²) in [5.41, 5.74) is 0.231. The van der Waals surface area contributed by atoms with Crippen LogP contribution in [0.4, 0.5) is 0 Å². The quantitative estimate of drug-likeness (QED) is 0.396. The fourth-order valence-corrected chi connectivity index (χ4v) is 1.08. The SMILES string of the molecule is COC(C(=O)[O-])c1cccc(Cl)n1.[Li+]. The molecule has 1 unspecified atom stereocenters. The summed E-state index contributed by atoms with van der Waals surface area (Å²) in [5.74, 6) is -1.34. The Hall–Kier alpha value is -0.533. The summed E-state index contributed by atoms with van der Waals surface area (Å²) in [4.78, 5) is 14.3. The van der Waals surface area contributed by atoms with Crippen LogP contribution >= 0.6 is 11.6 Å². The number of nitrogens with zero attached hydrogens (tertiary/aromatic N) is 1. The largest absolute Gasteiger partial charge is 1.00 e. The molecule has 0 fully saturated rings. The maximum atomic E-state index is 10.5. The number of halogens is 1. The number of aromatic nitrogens is 1. The van der Waals surface area contributed by atoms with Crippen LogP contribution in [0.15, 0.2) is 18.2 Å². The second-order valence-corrected chi connectivity index (χ2v) is 2.71. The smallest absolute Gasteiger partial charge is 0.547 e. The molecule has 0 spiro atoms. The third-order valence-electron chi connectivity index (χ3n) is 1.46. The molecule has 0 aliphatic rings. The van der Waals surface area contributed by atoms with E-state index >= 15 is 0 Å². The van der Waals surface area contributed by atoms with Gasteiger partial charge in [-0.1, -0.05) is 17.7 Å². The van der Waals surface area contributed by atoms with E-state index in [2.05, 4.69) is 9.72 Å². The molecule has 0 aromatic carbocycles. The van der Waals surface area contributed by atoms with Gasteiger partial charge in [0.15, 0.2) is 0 Å². The van der Waals surface area contributed by atoms with Crippen LogP contribution in [-0.4, -0.2) is 18.1 Å². The molecule has 4 nitrogen and oxygen atoms in total. The number of methoxy groups -OCH3 is 1. The minimum absolute atomic E-state index is 0. The fraction of sp³-hybridized carbons (Fsp3) is 0.250. The maximum absolute atomic E-state index is 10.5. The number of ether oxygens (including phenoxy) is 1. The van der Waals surface area contributed by atoms with Crippen LogP contribution in [0.1, 0.15) is 11.8 Å². The van der Waals surface area contributed by atoms with Crippen molar-refractivity contribution < 1.29 is 33.5 Å². The molecule has 6 heteroatoms. The summed E-state index contributed by atoms with van der Waals surface area (Å²) in [6, 6.07) is 4.66. The molecule has 0 N–H and O–H groups in total. The van der Waals surface area contributed by atoms with Crippen molar-refractivity contribution in [3.63, 3.8) is 0 Å². The number of carboxylic acids is 1. The molecule has 1 heterocycles. The standard InChI is InChI=1S/C8H8ClNO3.Li/c1-13-7(8(11)12)5-3-2-4-6(9)10-5;/h2-4,7H,1H3,(H,11,12);/q;+1/p-1. The van der Waals surface area contributed by atoms with Crippen LogP contribution in [0.25, 0.3) is 0 Å². The van der Waals surface area contributed by atoms with E-state index in [4.69, 9.17) is 11.6 Å². The zero-order chi connectivity index (χ0) is 9.84. The predicted octanol–water partition coefficient (Wildman–Crippen LogP) is -2.82. The second kappa shape index (κ2) is 6.05.